The van der Waals surface area contributed by atoms with Crippen LogP contribution in [0.2, 0.25) is 0 Å². The van der Waals surface area contributed by atoms with Crippen LogP contribution in [0.3, 0.4) is 0 Å². The lowest BCUT2D eigenvalue weighted by molar-refractivity contribution is -0.164. The summed E-state index contributed by atoms with van der Waals surface area (Å²) in [5, 5.41) is 18.9. The van der Waals surface area contributed by atoms with E-state index in [1.807, 2.05) is 12.1 Å². The maximum absolute atomic E-state index is 13.0. The second kappa shape index (κ2) is 6.69. The highest BCUT2D eigenvalue weighted by molar-refractivity contribution is 5.59. The largest absolute Gasteiger partial charge is 0.390 e. The summed E-state index contributed by atoms with van der Waals surface area (Å²) in [4.78, 5) is 2.18. The molecule has 132 valence electrons. The van der Waals surface area contributed by atoms with Gasteiger partial charge in [0.15, 0.2) is 5.82 Å². The van der Waals surface area contributed by atoms with Crippen LogP contribution in [0.4, 0.5) is 10.2 Å². The molecule has 2 saturated heterocycles. The van der Waals surface area contributed by atoms with Crippen molar-refractivity contribution in [2.45, 2.75) is 37.4 Å². The standard InChI is InChI=1S/C19H22FN3O2/c20-15-5-3-14(4-6-15)16-7-8-18(22-21-16)23-11-9-19(10-12-23)17(24)2-1-13-25-19/h3-8,17,24H,1-2,9-13H2/t17-/m1/s1. The van der Waals surface area contributed by atoms with Gasteiger partial charge in [0.1, 0.15) is 5.82 Å². The van der Waals surface area contributed by atoms with E-state index >= 15 is 0 Å². The highest BCUT2D eigenvalue weighted by Gasteiger charge is 2.43. The Bertz CT molecular complexity index is 712. The van der Waals surface area contributed by atoms with E-state index in [9.17, 15) is 9.50 Å². The molecule has 0 radical (unpaired) electrons. The number of ether oxygens (including phenoxy) is 1. The average molecular weight is 343 g/mol. The SMILES string of the molecule is O[C@@H]1CCCOC12CCN(c1ccc(-c3ccc(F)cc3)nn1)CC2. The Morgan fingerprint density at radius 3 is 2.48 bits per heavy atom. The summed E-state index contributed by atoms with van der Waals surface area (Å²) in [5.41, 5.74) is 1.19. The van der Waals surface area contributed by atoms with E-state index in [4.69, 9.17) is 4.74 Å². The van der Waals surface area contributed by atoms with Crippen molar-refractivity contribution in [1.82, 2.24) is 10.2 Å². The molecule has 0 amide bonds. The number of hydrogen-bond acceptors (Lipinski definition) is 5. The molecule has 1 N–H and O–H groups in total. The van der Waals surface area contributed by atoms with Crippen molar-refractivity contribution in [2.24, 2.45) is 0 Å². The monoisotopic (exact) mass is 343 g/mol. The minimum atomic E-state index is -0.379. The van der Waals surface area contributed by atoms with E-state index in [-0.39, 0.29) is 17.5 Å². The van der Waals surface area contributed by atoms with Gasteiger partial charge in [-0.05, 0) is 62.1 Å². The summed E-state index contributed by atoms with van der Waals surface area (Å²) in [7, 11) is 0. The third-order valence-corrected chi connectivity index (χ3v) is 5.34. The molecule has 1 aromatic carbocycles. The first kappa shape index (κ1) is 16.4. The molecule has 0 unspecified atom stereocenters. The summed E-state index contributed by atoms with van der Waals surface area (Å²) in [6, 6.07) is 10.1. The Hall–Kier alpha value is -2.05. The predicted octanol–water partition coefficient (Wildman–Crippen LogP) is 2.79. The van der Waals surface area contributed by atoms with Crippen LogP contribution in [0.1, 0.15) is 25.7 Å². The number of anilines is 1. The molecule has 1 aromatic heterocycles. The summed E-state index contributed by atoms with van der Waals surface area (Å²) < 4.78 is 19.0. The van der Waals surface area contributed by atoms with Crippen LogP contribution >= 0.6 is 0 Å². The van der Waals surface area contributed by atoms with Crippen LogP contribution in [0, 0.1) is 5.82 Å². The molecular weight excluding hydrogens is 321 g/mol. The van der Waals surface area contributed by atoms with E-state index in [1.165, 1.54) is 12.1 Å². The topological polar surface area (TPSA) is 58.5 Å². The Labute approximate surface area is 146 Å². The lowest BCUT2D eigenvalue weighted by atomic mass is 9.82. The average Bonchev–Trinajstić information content (AvgIpc) is 2.66. The van der Waals surface area contributed by atoms with Crippen molar-refractivity contribution in [1.29, 1.82) is 0 Å². The van der Waals surface area contributed by atoms with Gasteiger partial charge in [0.2, 0.25) is 0 Å². The van der Waals surface area contributed by atoms with Crippen LogP contribution < -0.4 is 4.90 Å². The Balaban J connectivity index is 1.44. The quantitative estimate of drug-likeness (QED) is 0.909. The molecule has 0 saturated carbocycles. The second-order valence-corrected chi connectivity index (χ2v) is 6.84. The summed E-state index contributed by atoms with van der Waals surface area (Å²) in [6.07, 6.45) is 3.00. The molecule has 5 nitrogen and oxygen atoms in total. The van der Waals surface area contributed by atoms with Gasteiger partial charge in [0.05, 0.1) is 17.4 Å². The zero-order valence-electron chi connectivity index (χ0n) is 14.1. The molecule has 2 aromatic rings. The van der Waals surface area contributed by atoms with E-state index in [2.05, 4.69) is 15.1 Å². The summed E-state index contributed by atoms with van der Waals surface area (Å²) in [6.45, 7) is 2.33. The molecule has 0 aliphatic carbocycles. The number of piperidine rings is 1. The van der Waals surface area contributed by atoms with Gasteiger partial charge >= 0.3 is 0 Å². The van der Waals surface area contributed by atoms with Crippen LogP contribution in [0.5, 0.6) is 0 Å². The van der Waals surface area contributed by atoms with Gasteiger partial charge in [0, 0.05) is 25.3 Å². The normalized spacial score (nSPS) is 23.0. The zero-order chi connectivity index (χ0) is 17.3. The third kappa shape index (κ3) is 3.24. The van der Waals surface area contributed by atoms with Gasteiger partial charge < -0.3 is 14.7 Å². The summed E-state index contributed by atoms with van der Waals surface area (Å²) >= 11 is 0. The van der Waals surface area contributed by atoms with Crippen molar-refractivity contribution in [2.75, 3.05) is 24.6 Å². The van der Waals surface area contributed by atoms with E-state index in [1.54, 1.807) is 12.1 Å². The highest BCUT2D eigenvalue weighted by atomic mass is 19.1. The number of halogens is 1. The van der Waals surface area contributed by atoms with Crippen LogP contribution in [-0.4, -0.2) is 46.7 Å². The van der Waals surface area contributed by atoms with Crippen molar-refractivity contribution in [3.63, 3.8) is 0 Å². The zero-order valence-corrected chi connectivity index (χ0v) is 14.1. The van der Waals surface area contributed by atoms with Crippen LogP contribution in [-0.2, 0) is 4.74 Å². The Morgan fingerprint density at radius 1 is 1.08 bits per heavy atom. The molecule has 3 heterocycles. The predicted molar refractivity (Wildman–Crippen MR) is 92.8 cm³/mol. The Kier molecular flexibility index (Phi) is 4.39. The van der Waals surface area contributed by atoms with Crippen molar-refractivity contribution in [3.05, 3.63) is 42.2 Å². The van der Waals surface area contributed by atoms with Gasteiger partial charge in [-0.2, -0.15) is 0 Å². The molecule has 25 heavy (non-hydrogen) atoms. The Morgan fingerprint density at radius 2 is 1.84 bits per heavy atom. The third-order valence-electron chi connectivity index (χ3n) is 5.34. The van der Waals surface area contributed by atoms with Gasteiger partial charge in [-0.15, -0.1) is 10.2 Å². The minimum Gasteiger partial charge on any atom is -0.390 e. The molecule has 2 aliphatic heterocycles. The summed E-state index contributed by atoms with van der Waals surface area (Å²) in [5.74, 6) is 0.564. The number of aliphatic hydroxyl groups is 1. The number of aromatic nitrogens is 2. The molecule has 1 atom stereocenters. The maximum atomic E-state index is 13.0. The number of nitrogens with zero attached hydrogens (tertiary/aromatic N) is 3. The smallest absolute Gasteiger partial charge is 0.151 e. The van der Waals surface area contributed by atoms with Gasteiger partial charge in [-0.1, -0.05) is 0 Å². The first-order valence-corrected chi connectivity index (χ1v) is 8.83. The van der Waals surface area contributed by atoms with E-state index < -0.39 is 0 Å². The van der Waals surface area contributed by atoms with Gasteiger partial charge in [0.25, 0.3) is 0 Å². The molecule has 0 bridgehead atoms. The fourth-order valence-electron chi connectivity index (χ4n) is 3.77. The first-order chi connectivity index (χ1) is 12.2. The molecule has 2 fully saturated rings. The first-order valence-electron chi connectivity index (χ1n) is 8.83. The number of aliphatic hydroxyl groups excluding tert-OH is 1. The fourth-order valence-corrected chi connectivity index (χ4v) is 3.77. The van der Waals surface area contributed by atoms with Crippen LogP contribution in [0.15, 0.2) is 36.4 Å². The van der Waals surface area contributed by atoms with Crippen LogP contribution in [0.25, 0.3) is 11.3 Å². The van der Waals surface area contributed by atoms with Crippen molar-refractivity contribution >= 4 is 5.82 Å². The molecule has 4 rings (SSSR count). The van der Waals surface area contributed by atoms with Gasteiger partial charge in [-0.25, -0.2) is 4.39 Å². The lowest BCUT2D eigenvalue weighted by Crippen LogP contribution is -2.55. The highest BCUT2D eigenvalue weighted by Crippen LogP contribution is 2.36. The van der Waals surface area contributed by atoms with E-state index in [0.29, 0.717) is 0 Å². The number of benzene rings is 1. The maximum Gasteiger partial charge on any atom is 0.151 e. The fraction of sp³-hybridized carbons (Fsp3) is 0.474. The molecule has 2 aliphatic rings. The molecule has 6 heteroatoms. The van der Waals surface area contributed by atoms with Crippen molar-refractivity contribution < 1.29 is 14.2 Å². The number of hydrogen-bond donors (Lipinski definition) is 1. The number of rotatable bonds is 2. The molecule has 1 spiro atoms. The van der Waals surface area contributed by atoms with Gasteiger partial charge in [-0.3, -0.25) is 0 Å². The van der Waals surface area contributed by atoms with Crippen molar-refractivity contribution in [3.8, 4) is 11.3 Å². The molecular formula is C19H22FN3O2. The minimum absolute atomic E-state index is 0.261. The lowest BCUT2D eigenvalue weighted by Gasteiger charge is -2.46. The van der Waals surface area contributed by atoms with E-state index in [0.717, 1.165) is 62.5 Å². The second-order valence-electron chi connectivity index (χ2n) is 6.84.